The highest BCUT2D eigenvalue weighted by atomic mass is 32.2. The van der Waals surface area contributed by atoms with Crippen LogP contribution in [-0.2, 0) is 14.8 Å². The van der Waals surface area contributed by atoms with Gasteiger partial charge in [-0.05, 0) is 43.5 Å². The van der Waals surface area contributed by atoms with Crippen LogP contribution < -0.4 is 10.4 Å². The van der Waals surface area contributed by atoms with Crippen molar-refractivity contribution in [2.45, 2.75) is 56.0 Å². The Balaban J connectivity index is 1.35. The normalized spacial score (nSPS) is 19.6. The number of benzene rings is 2. The molecule has 10 heteroatoms. The van der Waals surface area contributed by atoms with E-state index in [0.717, 1.165) is 23.9 Å². The lowest BCUT2D eigenvalue weighted by Gasteiger charge is -2.34. The van der Waals surface area contributed by atoms with Gasteiger partial charge in [-0.25, -0.2) is 13.2 Å². The van der Waals surface area contributed by atoms with Gasteiger partial charge in [0, 0.05) is 24.7 Å². The molecule has 9 nitrogen and oxygen atoms in total. The molecule has 5 rings (SSSR count). The van der Waals surface area contributed by atoms with Crippen LogP contribution in [0.2, 0.25) is 0 Å². The number of nitrogens with zero attached hydrogens (tertiary/aromatic N) is 3. The van der Waals surface area contributed by atoms with Gasteiger partial charge in [0.15, 0.2) is 0 Å². The molecule has 0 spiro atoms. The molecule has 2 aliphatic rings. The number of hydrogen-bond donors (Lipinski definition) is 2. The Kier molecular flexibility index (Phi) is 6.22. The van der Waals surface area contributed by atoms with E-state index in [1.165, 1.54) is 0 Å². The van der Waals surface area contributed by atoms with E-state index in [1.807, 2.05) is 31.2 Å². The van der Waals surface area contributed by atoms with Crippen molar-refractivity contribution in [1.82, 2.24) is 19.2 Å². The van der Waals surface area contributed by atoms with Crippen LogP contribution >= 0.6 is 0 Å². The van der Waals surface area contributed by atoms with E-state index < -0.39 is 16.1 Å². The molecular weight excluding hydrogens is 466 g/mol. The highest BCUT2D eigenvalue weighted by Gasteiger charge is 2.34. The summed E-state index contributed by atoms with van der Waals surface area (Å²) in [5, 5.41) is 0. The fourth-order valence-electron chi connectivity index (χ4n) is 5.02. The van der Waals surface area contributed by atoms with Crippen molar-refractivity contribution in [3.8, 4) is 0 Å². The van der Waals surface area contributed by atoms with Crippen LogP contribution in [0.25, 0.3) is 11.0 Å². The highest BCUT2D eigenvalue weighted by Crippen LogP contribution is 2.27. The molecule has 0 radical (unpaired) electrons. The molecule has 0 saturated carbocycles. The van der Waals surface area contributed by atoms with E-state index in [2.05, 4.69) is 14.7 Å². The first-order valence-electron chi connectivity index (χ1n) is 12.1. The maximum Gasteiger partial charge on any atom is 0.326 e. The summed E-state index contributed by atoms with van der Waals surface area (Å²) in [6.45, 7) is 3.09. The SMILES string of the molecule is CCCCC(N=C1NS(=O)(=O)c2ccccc21)C(=O)N1CCC(n2c(=O)[nH]c3ccccc32)CC1. The predicted octanol–water partition coefficient (Wildman–Crippen LogP) is 2.79. The third-order valence-electron chi connectivity index (χ3n) is 6.83. The molecule has 3 aromatic rings. The summed E-state index contributed by atoms with van der Waals surface area (Å²) in [7, 11) is -3.67. The zero-order valence-corrected chi connectivity index (χ0v) is 20.4. The summed E-state index contributed by atoms with van der Waals surface area (Å²) in [5.41, 5.74) is 2.06. The van der Waals surface area contributed by atoms with Crippen LogP contribution in [0.1, 0.15) is 50.6 Å². The highest BCUT2D eigenvalue weighted by molar-refractivity contribution is 7.90. The summed E-state index contributed by atoms with van der Waals surface area (Å²) in [4.78, 5) is 35.6. The number of unbranched alkanes of at least 4 members (excludes halogenated alkanes) is 1. The van der Waals surface area contributed by atoms with Crippen molar-refractivity contribution in [3.05, 3.63) is 64.6 Å². The van der Waals surface area contributed by atoms with Crippen LogP contribution in [0, 0.1) is 0 Å². The summed E-state index contributed by atoms with van der Waals surface area (Å²) in [6, 6.07) is 13.7. The fourth-order valence-corrected chi connectivity index (χ4v) is 6.26. The predicted molar refractivity (Wildman–Crippen MR) is 134 cm³/mol. The van der Waals surface area contributed by atoms with Crippen molar-refractivity contribution in [2.75, 3.05) is 13.1 Å². The van der Waals surface area contributed by atoms with Gasteiger partial charge in [-0.2, -0.15) is 0 Å². The Morgan fingerprint density at radius 3 is 2.60 bits per heavy atom. The smallest absolute Gasteiger partial charge is 0.326 e. The molecule has 1 unspecified atom stereocenters. The van der Waals surface area contributed by atoms with Gasteiger partial charge in [0.25, 0.3) is 10.0 Å². The van der Waals surface area contributed by atoms with E-state index in [-0.39, 0.29) is 28.4 Å². The molecule has 1 aromatic heterocycles. The average molecular weight is 496 g/mol. The Morgan fingerprint density at radius 1 is 1.11 bits per heavy atom. The fraction of sp³-hybridized carbons (Fsp3) is 0.400. The maximum atomic E-state index is 13.5. The third-order valence-corrected chi connectivity index (χ3v) is 8.23. The van der Waals surface area contributed by atoms with Gasteiger partial charge in [0.05, 0.1) is 15.9 Å². The van der Waals surface area contributed by atoms with Crippen LogP contribution in [-0.4, -0.2) is 53.7 Å². The number of hydrogen-bond acceptors (Lipinski definition) is 5. The molecule has 0 bridgehead atoms. The molecule has 1 atom stereocenters. The van der Waals surface area contributed by atoms with Crippen molar-refractivity contribution in [3.63, 3.8) is 0 Å². The third kappa shape index (κ3) is 4.38. The van der Waals surface area contributed by atoms with E-state index in [9.17, 15) is 18.0 Å². The number of sulfonamides is 1. The van der Waals surface area contributed by atoms with Crippen LogP contribution in [0.3, 0.4) is 0 Å². The zero-order valence-electron chi connectivity index (χ0n) is 19.6. The summed E-state index contributed by atoms with van der Waals surface area (Å²) in [6.07, 6.45) is 3.59. The second kappa shape index (κ2) is 9.33. The number of aliphatic imine (C=N–C) groups is 1. The topological polar surface area (TPSA) is 117 Å². The van der Waals surface area contributed by atoms with Crippen LogP contribution in [0.15, 0.2) is 63.2 Å². The van der Waals surface area contributed by atoms with Crippen molar-refractivity contribution in [2.24, 2.45) is 4.99 Å². The molecule has 2 aliphatic heterocycles. The first-order valence-corrected chi connectivity index (χ1v) is 13.6. The first-order chi connectivity index (χ1) is 16.9. The van der Waals surface area contributed by atoms with Gasteiger partial charge in [0.2, 0.25) is 5.91 Å². The lowest BCUT2D eigenvalue weighted by molar-refractivity contribution is -0.134. The lowest BCUT2D eigenvalue weighted by atomic mass is 10.0. The Hall–Kier alpha value is -3.40. The van der Waals surface area contributed by atoms with Gasteiger partial charge < -0.3 is 9.88 Å². The number of H-pyrrole nitrogens is 1. The number of rotatable bonds is 6. The number of amides is 1. The molecular formula is C25H29N5O4S. The number of amidine groups is 1. The number of piperidine rings is 1. The number of likely N-dealkylation sites (tertiary alicyclic amines) is 1. The number of aromatic amines is 1. The molecule has 35 heavy (non-hydrogen) atoms. The number of fused-ring (bicyclic) bond motifs is 2. The van der Waals surface area contributed by atoms with Crippen molar-refractivity contribution < 1.29 is 13.2 Å². The number of carbonyl (C=O) groups excluding carboxylic acids is 1. The summed E-state index contributed by atoms with van der Waals surface area (Å²) < 4.78 is 29.3. The molecule has 0 aliphatic carbocycles. The van der Waals surface area contributed by atoms with E-state index in [1.54, 1.807) is 33.7 Å². The summed E-state index contributed by atoms with van der Waals surface area (Å²) >= 11 is 0. The monoisotopic (exact) mass is 495 g/mol. The minimum atomic E-state index is -3.67. The lowest BCUT2D eigenvalue weighted by Crippen LogP contribution is -2.45. The largest absolute Gasteiger partial charge is 0.341 e. The van der Waals surface area contributed by atoms with E-state index >= 15 is 0 Å². The molecule has 3 heterocycles. The molecule has 1 fully saturated rings. The van der Waals surface area contributed by atoms with Gasteiger partial charge in [-0.1, -0.05) is 44.0 Å². The van der Waals surface area contributed by atoms with Gasteiger partial charge in [-0.3, -0.25) is 19.1 Å². The number of aromatic nitrogens is 2. The van der Waals surface area contributed by atoms with Crippen molar-refractivity contribution in [1.29, 1.82) is 0 Å². The Bertz CT molecular complexity index is 1450. The molecule has 1 amide bonds. The van der Waals surface area contributed by atoms with E-state index in [4.69, 9.17) is 0 Å². The Morgan fingerprint density at radius 2 is 1.83 bits per heavy atom. The van der Waals surface area contributed by atoms with Gasteiger partial charge in [-0.15, -0.1) is 0 Å². The number of carbonyl (C=O) groups is 1. The average Bonchev–Trinajstić information content (AvgIpc) is 3.33. The molecule has 2 N–H and O–H groups in total. The number of para-hydroxylation sites is 2. The van der Waals surface area contributed by atoms with Crippen molar-refractivity contribution >= 4 is 32.8 Å². The molecule has 2 aromatic carbocycles. The minimum Gasteiger partial charge on any atom is -0.341 e. The zero-order chi connectivity index (χ0) is 24.6. The van der Waals surface area contributed by atoms with Gasteiger partial charge >= 0.3 is 5.69 Å². The quantitative estimate of drug-likeness (QED) is 0.547. The second-order valence-electron chi connectivity index (χ2n) is 9.11. The minimum absolute atomic E-state index is 0.0108. The molecule has 184 valence electrons. The van der Waals surface area contributed by atoms with E-state index in [0.29, 0.717) is 37.9 Å². The number of imidazole rings is 1. The van der Waals surface area contributed by atoms with Crippen LogP contribution in [0.4, 0.5) is 0 Å². The maximum absolute atomic E-state index is 13.5. The molecule has 1 saturated heterocycles. The van der Waals surface area contributed by atoms with Crippen LogP contribution in [0.5, 0.6) is 0 Å². The second-order valence-corrected chi connectivity index (χ2v) is 10.8. The Labute approximate surface area is 203 Å². The standard InChI is InChI=1S/C25H29N5O4S/c1-2-3-9-20(26-23-18-8-4-7-12-22(18)35(33,34)28-23)24(31)29-15-13-17(14-16-29)30-21-11-6-5-10-19(21)27-25(30)32/h4-8,10-12,17,20H,2-3,9,13-16H2,1H3,(H,26,28)(H,27,32). The number of nitrogens with one attached hydrogen (secondary N) is 2. The van der Waals surface area contributed by atoms with Gasteiger partial charge in [0.1, 0.15) is 11.9 Å². The first kappa shape index (κ1) is 23.3. The summed E-state index contributed by atoms with van der Waals surface area (Å²) in [5.74, 6) is 0.134.